The van der Waals surface area contributed by atoms with Gasteiger partial charge in [0.25, 0.3) is 0 Å². The molecule has 0 amide bonds. The summed E-state index contributed by atoms with van der Waals surface area (Å²) >= 11 is 0. The van der Waals surface area contributed by atoms with Crippen molar-refractivity contribution in [1.29, 1.82) is 0 Å². The van der Waals surface area contributed by atoms with Crippen LogP contribution in [0.5, 0.6) is 0 Å². The third kappa shape index (κ3) is 26.1. The van der Waals surface area contributed by atoms with E-state index in [1.807, 2.05) is 124 Å². The zero-order chi connectivity index (χ0) is 41.3. The first-order valence-electron chi connectivity index (χ1n) is 19.2. The Bertz CT molecular complexity index is 752. The van der Waals surface area contributed by atoms with Gasteiger partial charge >= 0.3 is 26.4 Å². The van der Waals surface area contributed by atoms with E-state index < -0.39 is 26.4 Å². The van der Waals surface area contributed by atoms with Crippen LogP contribution in [0.2, 0.25) is 0 Å². The lowest BCUT2D eigenvalue weighted by Gasteiger charge is -2.37. The highest BCUT2D eigenvalue weighted by Gasteiger charge is 2.45. The second-order valence-corrected chi connectivity index (χ2v) is 39.7. The summed E-state index contributed by atoms with van der Waals surface area (Å²) in [5.74, 6) is 1.17. The Hall–Kier alpha value is 4.49. The zero-order valence-electron chi connectivity index (χ0n) is 35.0. The van der Waals surface area contributed by atoms with Gasteiger partial charge in [-0.2, -0.15) is 0 Å². The van der Waals surface area contributed by atoms with E-state index in [9.17, 15) is 0 Å². The van der Waals surface area contributed by atoms with Crippen molar-refractivity contribution >= 4 is 150 Å². The Morgan fingerprint density at radius 1 is 0.400 bits per heavy atom. The molecule has 0 heterocycles. The smallest absolute Gasteiger partial charge is 0.373 e. The van der Waals surface area contributed by atoms with Gasteiger partial charge in [0.2, 0.25) is 0 Å². The third-order valence-corrected chi connectivity index (χ3v) is 42.9. The van der Waals surface area contributed by atoms with E-state index >= 15 is 0 Å². The van der Waals surface area contributed by atoms with Crippen molar-refractivity contribution in [1.82, 2.24) is 0 Å². The normalized spacial score (nSPS) is 13.7. The Morgan fingerprint density at radius 3 is 0.891 bits per heavy atom. The van der Waals surface area contributed by atoms with Gasteiger partial charge in [-0.3, -0.25) is 0 Å². The molecule has 9 nitrogen and oxygen atoms in total. The largest absolute Gasteiger partial charge is 0.512 e. The first-order valence-corrected chi connectivity index (χ1v) is 40.0. The van der Waals surface area contributed by atoms with Crippen LogP contribution in [0.1, 0.15) is 109 Å². The van der Waals surface area contributed by atoms with Gasteiger partial charge in [0.1, 0.15) is 3.41 Å². The van der Waals surface area contributed by atoms with Crippen LogP contribution in [-0.2, 0) is 39.8 Å². The van der Waals surface area contributed by atoms with E-state index in [-0.39, 0.29) is 3.41 Å². The van der Waals surface area contributed by atoms with Gasteiger partial charge in [0.15, 0.2) is 0 Å². The Balaban J connectivity index is 6.23. The fourth-order valence-electron chi connectivity index (χ4n) is 4.91. The number of hydrogen-bond donors (Lipinski definition) is 0. The molecule has 0 radical (unpaired) electrons. The summed E-state index contributed by atoms with van der Waals surface area (Å²) in [7, 11) is 14.1. The minimum Gasteiger partial charge on any atom is -0.373 e. The molecule has 0 N–H and O–H groups in total. The Labute approximate surface area is 385 Å². The van der Waals surface area contributed by atoms with E-state index in [4.69, 9.17) is 39.8 Å². The summed E-state index contributed by atoms with van der Waals surface area (Å²) in [4.78, 5) is 0. The molecule has 24 heteroatoms. The quantitative estimate of drug-likeness (QED) is 0.0251. The predicted octanol–water partition coefficient (Wildman–Crippen LogP) is 14.3. The Kier molecular flexibility index (Phi) is 40.9. The van der Waals surface area contributed by atoms with Crippen molar-refractivity contribution in [2.45, 2.75) is 112 Å². The first-order chi connectivity index (χ1) is 26.5. The van der Waals surface area contributed by atoms with Crippen LogP contribution in [0.15, 0.2) is 0 Å². The summed E-state index contributed by atoms with van der Waals surface area (Å²) < 4.78 is 55.1. The predicted molar refractivity (Wildman–Crippen MR) is 273 cm³/mol. The van der Waals surface area contributed by atoms with Crippen molar-refractivity contribution < 1.29 is 39.8 Å². The van der Waals surface area contributed by atoms with Crippen LogP contribution in [0.4, 0.5) is 0 Å². The summed E-state index contributed by atoms with van der Waals surface area (Å²) in [6, 6.07) is 0. The van der Waals surface area contributed by atoms with Gasteiger partial charge in [-0.25, -0.2) is 0 Å². The maximum atomic E-state index is 6.14. The highest BCUT2D eigenvalue weighted by atomic mass is 33.7. The van der Waals surface area contributed by atoms with Gasteiger partial charge in [0, 0.05) is 59.5 Å². The second kappa shape index (κ2) is 37.8. The molecule has 0 aromatic heterocycles. The lowest BCUT2D eigenvalue weighted by molar-refractivity contribution is 0.0765. The molecule has 55 heavy (non-hydrogen) atoms. The van der Waals surface area contributed by atoms with Crippen LogP contribution >= 0.6 is 124 Å². The molecule has 0 fully saturated rings. The molecule has 0 saturated carbocycles. The molecule has 1 atom stereocenters. The molecule has 0 bridgehead atoms. The highest BCUT2D eigenvalue weighted by molar-refractivity contribution is 9.32. The van der Waals surface area contributed by atoms with Crippen LogP contribution in [0, 0.1) is 11.8 Å². The lowest BCUT2D eigenvalue weighted by Crippen LogP contribution is -2.49. The molecule has 332 valence electrons. The van der Waals surface area contributed by atoms with Gasteiger partial charge < -0.3 is 39.8 Å². The van der Waals surface area contributed by atoms with E-state index in [2.05, 4.69) is 20.8 Å². The SMILES string of the molecule is CCO[Si](CSSSSC(SSSSC[Si](OCC)(OCC)OCC)(SSSSC[Si](OCC)(OCC)OCC)C(CC)CCCC(C)C)(OCC)OCC. The van der Waals surface area contributed by atoms with Crippen LogP contribution in [0.25, 0.3) is 0 Å². The lowest BCUT2D eigenvalue weighted by atomic mass is 9.97. The van der Waals surface area contributed by atoms with E-state index in [0.29, 0.717) is 87.4 Å². The first kappa shape index (κ1) is 59.5. The number of rotatable bonds is 42. The van der Waals surface area contributed by atoms with Crippen LogP contribution in [0.3, 0.4) is 0 Å². The molecule has 0 aliphatic carbocycles. The average molecular weight is 1060 g/mol. The van der Waals surface area contributed by atoms with Gasteiger partial charge in [0.05, 0.1) is 16.1 Å². The molecule has 0 aliphatic rings. The molecule has 0 rings (SSSR count). The third-order valence-electron chi connectivity index (χ3n) is 6.99. The summed E-state index contributed by atoms with van der Waals surface area (Å²) in [5, 5.41) is 2.12. The maximum absolute atomic E-state index is 6.14. The van der Waals surface area contributed by atoms with E-state index in [1.165, 1.54) is 19.3 Å². The summed E-state index contributed by atoms with van der Waals surface area (Å²) in [5.41, 5.74) is 0. The minimum absolute atomic E-state index is 0.142. The van der Waals surface area contributed by atoms with Crippen molar-refractivity contribution in [2.75, 3.05) is 75.6 Å². The monoisotopic (exact) mass is 1050 g/mol. The molecular formula is C31H70O9S12Si3. The van der Waals surface area contributed by atoms with Crippen molar-refractivity contribution in [3.63, 3.8) is 0 Å². The molecular weight excluding hydrogens is 985 g/mol. The topological polar surface area (TPSA) is 83.1 Å². The van der Waals surface area contributed by atoms with Crippen LogP contribution in [-0.4, -0.2) is 105 Å². The molecule has 0 aromatic carbocycles. The fourth-order valence-corrected chi connectivity index (χ4v) is 46.1. The fraction of sp³-hybridized carbons (Fsp3) is 1.00. The molecule has 0 aliphatic heterocycles. The van der Waals surface area contributed by atoms with Crippen LogP contribution < -0.4 is 0 Å². The second-order valence-electron chi connectivity index (χ2n) is 11.4. The highest BCUT2D eigenvalue weighted by Crippen LogP contribution is 2.70. The molecule has 1 unspecified atom stereocenters. The molecule has 0 spiro atoms. The standard InChI is InChI=1S/C31H70O9S12Si3/c1-13-30(25-23-24-29(11)12)31(44-50-47-41-26-53(32-14-2,33-15-3)34-16-4,45-51-48-42-27-54(35-17-5,36-18-6)37-19-7)46-52-49-43-28-55(38-20-8,39-21-9)40-22-10/h29-30H,13-28H2,1-12H3. The average Bonchev–Trinajstić information content (AvgIpc) is 3.13. The van der Waals surface area contributed by atoms with E-state index in [1.54, 1.807) is 61.9 Å². The zero-order valence-corrected chi connectivity index (χ0v) is 47.8. The van der Waals surface area contributed by atoms with Gasteiger partial charge in [-0.05, 0) is 140 Å². The van der Waals surface area contributed by atoms with Gasteiger partial charge in [-0.15, -0.1) is 0 Å². The summed E-state index contributed by atoms with van der Waals surface area (Å²) in [6.07, 6.45) is 4.72. The Morgan fingerprint density at radius 2 is 0.673 bits per heavy atom. The summed E-state index contributed by atoms with van der Waals surface area (Å²) in [6.45, 7) is 30.3. The molecule has 0 aromatic rings. The van der Waals surface area contributed by atoms with Crippen molar-refractivity contribution in [3.8, 4) is 0 Å². The molecule has 0 saturated heterocycles. The van der Waals surface area contributed by atoms with Crippen molar-refractivity contribution in [3.05, 3.63) is 0 Å². The van der Waals surface area contributed by atoms with Crippen molar-refractivity contribution in [2.24, 2.45) is 11.8 Å². The minimum atomic E-state index is -2.74. The van der Waals surface area contributed by atoms with E-state index in [0.717, 1.165) is 6.42 Å². The van der Waals surface area contributed by atoms with Gasteiger partial charge in [-0.1, -0.05) is 105 Å². The number of hydrogen-bond acceptors (Lipinski definition) is 21. The maximum Gasteiger partial charge on any atom is 0.512 e.